The summed E-state index contributed by atoms with van der Waals surface area (Å²) in [7, 11) is 0. The molecule has 0 unspecified atom stereocenters. The molecule has 0 saturated carbocycles. The highest BCUT2D eigenvalue weighted by molar-refractivity contribution is 5.97. The van der Waals surface area contributed by atoms with E-state index in [1.165, 1.54) is 18.2 Å². The molecule has 9 heteroatoms. The Labute approximate surface area is 231 Å². The lowest BCUT2D eigenvalue weighted by Gasteiger charge is -2.31. The number of Topliss-reactive ketones (excluding diaryl/α,β-unsaturated/α-hetero) is 1. The number of aliphatic carboxylic acids is 2. The standard InChI is InChI=1S/C27H27F2NO2.C4H4O4/c28-23-11-9-20(10-12-23)27(31)21-13-15-30(16-14-21)17-18-32-19-22-5-1-2-6-24(22)25-7-3-4-8-26(25)29;5-3(6)1-2-4(7)8/h1-12,21H,13-19H2;1-2H,(H,5,6)(H,7,8)/b;2-1-. The normalized spacial score (nSPS) is 13.9. The lowest BCUT2D eigenvalue weighted by Crippen LogP contribution is -2.38. The van der Waals surface area contributed by atoms with Crippen LogP contribution >= 0.6 is 0 Å². The molecule has 210 valence electrons. The molecule has 0 spiro atoms. The zero-order valence-corrected chi connectivity index (χ0v) is 21.8. The molecule has 3 aromatic rings. The summed E-state index contributed by atoms with van der Waals surface area (Å²) in [5.41, 5.74) is 2.98. The van der Waals surface area contributed by atoms with E-state index in [1.54, 1.807) is 24.3 Å². The molecule has 1 saturated heterocycles. The first-order valence-corrected chi connectivity index (χ1v) is 12.8. The number of hydrogen-bond donors (Lipinski definition) is 2. The van der Waals surface area contributed by atoms with E-state index < -0.39 is 11.9 Å². The molecule has 3 aromatic carbocycles. The van der Waals surface area contributed by atoms with Crippen LogP contribution in [0.15, 0.2) is 84.9 Å². The van der Waals surface area contributed by atoms with Crippen molar-refractivity contribution in [2.75, 3.05) is 26.2 Å². The fourth-order valence-corrected chi connectivity index (χ4v) is 4.38. The summed E-state index contributed by atoms with van der Waals surface area (Å²) in [6.45, 7) is 3.46. The van der Waals surface area contributed by atoms with Gasteiger partial charge in [0, 0.05) is 35.7 Å². The van der Waals surface area contributed by atoms with Gasteiger partial charge >= 0.3 is 11.9 Å². The number of carboxylic acids is 2. The molecule has 0 radical (unpaired) electrons. The molecule has 7 nitrogen and oxygen atoms in total. The molecule has 1 aliphatic heterocycles. The van der Waals surface area contributed by atoms with Crippen molar-refractivity contribution < 1.29 is 38.1 Å². The summed E-state index contributed by atoms with van der Waals surface area (Å²) in [6, 6.07) is 20.3. The van der Waals surface area contributed by atoms with E-state index in [-0.39, 0.29) is 23.3 Å². The highest BCUT2D eigenvalue weighted by Crippen LogP contribution is 2.27. The SMILES string of the molecule is O=C(O)/C=C\C(=O)O.O=C(c1ccc(F)cc1)C1CCN(CCOCc2ccccc2-c2ccccc2F)CC1. The number of likely N-dealkylation sites (tertiary alicyclic amines) is 1. The number of benzene rings is 3. The number of carboxylic acid groups (broad SMARTS) is 2. The van der Waals surface area contributed by atoms with E-state index in [4.69, 9.17) is 14.9 Å². The maximum absolute atomic E-state index is 14.2. The summed E-state index contributed by atoms with van der Waals surface area (Å²) in [4.78, 5) is 34.0. The second-order valence-corrected chi connectivity index (χ2v) is 9.19. The zero-order chi connectivity index (χ0) is 28.9. The van der Waals surface area contributed by atoms with Crippen LogP contribution in [-0.4, -0.2) is 59.1 Å². The third-order valence-electron chi connectivity index (χ3n) is 6.45. The van der Waals surface area contributed by atoms with Gasteiger partial charge in [0.15, 0.2) is 5.78 Å². The first kappa shape index (κ1) is 30.3. The van der Waals surface area contributed by atoms with Gasteiger partial charge in [0.2, 0.25) is 0 Å². The van der Waals surface area contributed by atoms with Crippen LogP contribution in [0.1, 0.15) is 28.8 Å². The number of nitrogens with zero attached hydrogens (tertiary/aromatic N) is 1. The molecule has 0 atom stereocenters. The third kappa shape index (κ3) is 9.52. The van der Waals surface area contributed by atoms with Gasteiger partial charge in [-0.05, 0) is 67.4 Å². The average Bonchev–Trinajstić information content (AvgIpc) is 2.95. The first-order valence-electron chi connectivity index (χ1n) is 12.8. The Morgan fingerprint density at radius 3 is 2.00 bits per heavy atom. The summed E-state index contributed by atoms with van der Waals surface area (Å²) in [5.74, 6) is -2.98. The van der Waals surface area contributed by atoms with E-state index in [9.17, 15) is 23.2 Å². The Bertz CT molecular complexity index is 1300. The lowest BCUT2D eigenvalue weighted by atomic mass is 9.89. The van der Waals surface area contributed by atoms with E-state index >= 15 is 0 Å². The van der Waals surface area contributed by atoms with Crippen LogP contribution in [0.4, 0.5) is 8.78 Å². The van der Waals surface area contributed by atoms with E-state index in [0.717, 1.165) is 43.6 Å². The van der Waals surface area contributed by atoms with Crippen LogP contribution < -0.4 is 0 Å². The minimum atomic E-state index is -1.26. The van der Waals surface area contributed by atoms with Crippen LogP contribution in [-0.2, 0) is 20.9 Å². The van der Waals surface area contributed by atoms with Crippen LogP contribution in [0.3, 0.4) is 0 Å². The molecule has 0 aromatic heterocycles. The largest absolute Gasteiger partial charge is 0.478 e. The number of carbonyl (C=O) groups excluding carboxylic acids is 1. The monoisotopic (exact) mass is 551 g/mol. The molecular formula is C31H31F2NO6. The molecule has 1 aliphatic rings. The van der Waals surface area contributed by atoms with Crippen molar-refractivity contribution >= 4 is 17.7 Å². The second-order valence-electron chi connectivity index (χ2n) is 9.19. The van der Waals surface area contributed by atoms with Crippen molar-refractivity contribution in [2.45, 2.75) is 19.4 Å². The van der Waals surface area contributed by atoms with Gasteiger partial charge in [0.05, 0.1) is 13.2 Å². The fraction of sp³-hybridized carbons (Fsp3) is 0.258. The van der Waals surface area contributed by atoms with Gasteiger partial charge in [-0.1, -0.05) is 42.5 Å². The predicted octanol–water partition coefficient (Wildman–Crippen LogP) is 5.46. The van der Waals surface area contributed by atoms with Crippen LogP contribution in [0.2, 0.25) is 0 Å². The maximum atomic E-state index is 14.2. The Morgan fingerprint density at radius 2 is 1.40 bits per heavy atom. The van der Waals surface area contributed by atoms with Gasteiger partial charge in [0.1, 0.15) is 11.6 Å². The quantitative estimate of drug-likeness (QED) is 0.196. The van der Waals surface area contributed by atoms with Crippen LogP contribution in [0, 0.1) is 17.6 Å². The number of ether oxygens (including phenoxy) is 1. The summed E-state index contributed by atoms with van der Waals surface area (Å²) in [5, 5.41) is 15.6. The summed E-state index contributed by atoms with van der Waals surface area (Å²) in [6.07, 6.45) is 2.71. The smallest absolute Gasteiger partial charge is 0.328 e. The van der Waals surface area contributed by atoms with Gasteiger partial charge in [-0.3, -0.25) is 4.79 Å². The molecule has 1 heterocycles. The Balaban J connectivity index is 0.000000482. The van der Waals surface area contributed by atoms with Crippen molar-refractivity contribution in [3.05, 3.63) is 108 Å². The summed E-state index contributed by atoms with van der Waals surface area (Å²) < 4.78 is 33.2. The summed E-state index contributed by atoms with van der Waals surface area (Å²) >= 11 is 0. The molecule has 0 amide bonds. The second kappa shape index (κ2) is 15.4. The van der Waals surface area contributed by atoms with Gasteiger partial charge in [-0.15, -0.1) is 0 Å². The molecule has 0 bridgehead atoms. The Kier molecular flexibility index (Phi) is 11.7. The number of ketones is 1. The van der Waals surface area contributed by atoms with E-state index in [1.807, 2.05) is 30.3 Å². The van der Waals surface area contributed by atoms with Gasteiger partial charge < -0.3 is 19.8 Å². The molecule has 1 fully saturated rings. The lowest BCUT2D eigenvalue weighted by molar-refractivity contribution is -0.134. The molecule has 2 N–H and O–H groups in total. The van der Waals surface area contributed by atoms with Crippen molar-refractivity contribution in [1.82, 2.24) is 4.90 Å². The number of halogens is 2. The minimum Gasteiger partial charge on any atom is -0.478 e. The van der Waals surface area contributed by atoms with Crippen LogP contribution in [0.5, 0.6) is 0 Å². The number of hydrogen-bond acceptors (Lipinski definition) is 5. The minimum absolute atomic E-state index is 0.00900. The average molecular weight is 552 g/mol. The van der Waals surface area contributed by atoms with E-state index in [2.05, 4.69) is 4.90 Å². The molecule has 0 aliphatic carbocycles. The molecule has 4 rings (SSSR count). The first-order chi connectivity index (χ1) is 19.2. The highest BCUT2D eigenvalue weighted by Gasteiger charge is 2.25. The van der Waals surface area contributed by atoms with Crippen molar-refractivity contribution in [3.8, 4) is 11.1 Å². The topological polar surface area (TPSA) is 104 Å². The van der Waals surface area contributed by atoms with E-state index in [0.29, 0.717) is 36.5 Å². The van der Waals surface area contributed by atoms with Gasteiger partial charge in [-0.25, -0.2) is 18.4 Å². The fourth-order valence-electron chi connectivity index (χ4n) is 4.38. The highest BCUT2D eigenvalue weighted by atomic mass is 19.1. The van der Waals surface area contributed by atoms with Crippen molar-refractivity contribution in [1.29, 1.82) is 0 Å². The predicted molar refractivity (Wildman–Crippen MR) is 146 cm³/mol. The maximum Gasteiger partial charge on any atom is 0.328 e. The van der Waals surface area contributed by atoms with Crippen molar-refractivity contribution in [2.24, 2.45) is 5.92 Å². The van der Waals surface area contributed by atoms with Gasteiger partial charge in [0.25, 0.3) is 0 Å². The molecule has 40 heavy (non-hydrogen) atoms. The van der Waals surface area contributed by atoms with Gasteiger partial charge in [-0.2, -0.15) is 0 Å². The number of piperidine rings is 1. The Morgan fingerprint density at radius 1 is 0.825 bits per heavy atom. The molecular weight excluding hydrogens is 520 g/mol. The Hall–Kier alpha value is -4.21. The number of rotatable bonds is 10. The third-order valence-corrected chi connectivity index (χ3v) is 6.45. The van der Waals surface area contributed by atoms with Crippen LogP contribution in [0.25, 0.3) is 11.1 Å². The van der Waals surface area contributed by atoms with Crippen molar-refractivity contribution in [3.63, 3.8) is 0 Å². The number of carbonyl (C=O) groups is 3. The zero-order valence-electron chi connectivity index (χ0n) is 21.8.